The van der Waals surface area contributed by atoms with Crippen LogP contribution in [0, 0.1) is 34.0 Å². The Hall–Kier alpha value is -2.91. The van der Waals surface area contributed by atoms with Crippen LogP contribution in [0.1, 0.15) is 0 Å². The van der Waals surface area contributed by atoms with Crippen LogP contribution in [0.3, 0.4) is 0 Å². The molecule has 0 aliphatic rings. The second-order valence-electron chi connectivity index (χ2n) is 2.98. The zero-order valence-corrected chi connectivity index (χ0v) is 9.42. The van der Waals surface area contributed by atoms with Gasteiger partial charge in [0.05, 0.1) is 0 Å². The van der Waals surface area contributed by atoms with Crippen LogP contribution in [-0.4, -0.2) is 19.8 Å². The third-order valence-corrected chi connectivity index (χ3v) is 1.76. The second-order valence-corrected chi connectivity index (χ2v) is 2.98. The zero-order chi connectivity index (χ0) is 13.2. The molecule has 1 rings (SSSR count). The molecule has 0 saturated heterocycles. The lowest BCUT2D eigenvalue weighted by molar-refractivity contribution is 0.332. The molecule has 0 atom stereocenters. The summed E-state index contributed by atoms with van der Waals surface area (Å²) in [6, 6.07) is 10.1. The van der Waals surface area contributed by atoms with Gasteiger partial charge in [-0.3, -0.25) is 0 Å². The Labute approximate surface area is 104 Å². The highest BCUT2D eigenvalue weighted by atomic mass is 16.5. The van der Waals surface area contributed by atoms with Gasteiger partial charge in [-0.05, 0) is 0 Å². The highest BCUT2D eigenvalue weighted by molar-refractivity contribution is 5.42. The van der Waals surface area contributed by atoms with E-state index in [0.29, 0.717) is 17.2 Å². The highest BCUT2D eigenvalue weighted by Crippen LogP contribution is 2.27. The van der Waals surface area contributed by atoms with E-state index < -0.39 is 0 Å². The standard InChI is InChI=1S/C12H9N3O3/c13-1-4-16-10-7-11(17-5-2-14)9-12(8-10)18-6-3-15/h7-9H,4-6H2. The van der Waals surface area contributed by atoms with Crippen molar-refractivity contribution in [3.63, 3.8) is 0 Å². The molecule has 18 heavy (non-hydrogen) atoms. The summed E-state index contributed by atoms with van der Waals surface area (Å²) < 4.78 is 15.3. The fraction of sp³-hybridized carbons (Fsp3) is 0.250. The van der Waals surface area contributed by atoms with Crippen LogP contribution >= 0.6 is 0 Å². The van der Waals surface area contributed by atoms with Gasteiger partial charge >= 0.3 is 0 Å². The fourth-order valence-corrected chi connectivity index (χ4v) is 1.14. The number of ether oxygens (including phenoxy) is 3. The van der Waals surface area contributed by atoms with Crippen LogP contribution in [0.15, 0.2) is 18.2 Å². The second kappa shape index (κ2) is 7.38. The molecule has 6 heteroatoms. The molecule has 0 aliphatic heterocycles. The van der Waals surface area contributed by atoms with Gasteiger partial charge in [-0.1, -0.05) is 0 Å². The van der Waals surface area contributed by atoms with Gasteiger partial charge in [-0.15, -0.1) is 0 Å². The Morgan fingerprint density at radius 3 is 1.17 bits per heavy atom. The molecule has 0 aliphatic carbocycles. The first kappa shape index (κ1) is 13.2. The molecular weight excluding hydrogens is 234 g/mol. The van der Waals surface area contributed by atoms with Gasteiger partial charge in [0, 0.05) is 18.2 Å². The molecule has 0 radical (unpaired) electrons. The SMILES string of the molecule is N#CCOc1cc(OCC#N)cc(OCC#N)c1. The van der Waals surface area contributed by atoms with E-state index in [0.717, 1.165) is 0 Å². The molecule has 0 spiro atoms. The predicted octanol–water partition coefficient (Wildman–Crippen LogP) is 1.39. The Morgan fingerprint density at radius 1 is 0.667 bits per heavy atom. The Kier molecular flexibility index (Phi) is 5.39. The van der Waals surface area contributed by atoms with E-state index in [1.165, 1.54) is 18.2 Å². The van der Waals surface area contributed by atoms with Crippen molar-refractivity contribution in [3.05, 3.63) is 18.2 Å². The van der Waals surface area contributed by atoms with Crippen molar-refractivity contribution in [2.45, 2.75) is 0 Å². The Morgan fingerprint density at radius 2 is 0.944 bits per heavy atom. The van der Waals surface area contributed by atoms with Crippen LogP contribution in [0.5, 0.6) is 17.2 Å². The molecule has 0 unspecified atom stereocenters. The number of benzene rings is 1. The van der Waals surface area contributed by atoms with Crippen molar-refractivity contribution in [3.8, 4) is 35.5 Å². The minimum absolute atomic E-state index is 0.112. The third kappa shape index (κ3) is 4.30. The lowest BCUT2D eigenvalue weighted by atomic mass is 10.3. The molecule has 0 amide bonds. The maximum Gasteiger partial charge on any atom is 0.174 e. The average Bonchev–Trinajstić information content (AvgIpc) is 2.40. The van der Waals surface area contributed by atoms with Crippen LogP contribution in [0.25, 0.3) is 0 Å². The average molecular weight is 243 g/mol. The van der Waals surface area contributed by atoms with Crippen molar-refractivity contribution in [2.75, 3.05) is 19.8 Å². The number of nitrogens with zero attached hydrogens (tertiary/aromatic N) is 3. The van der Waals surface area contributed by atoms with E-state index in [1.54, 1.807) is 0 Å². The smallest absolute Gasteiger partial charge is 0.174 e. The van der Waals surface area contributed by atoms with E-state index in [4.69, 9.17) is 30.0 Å². The zero-order valence-electron chi connectivity index (χ0n) is 9.42. The normalized spacial score (nSPS) is 8.50. The third-order valence-electron chi connectivity index (χ3n) is 1.76. The number of nitriles is 3. The van der Waals surface area contributed by atoms with Crippen molar-refractivity contribution >= 4 is 0 Å². The molecule has 0 bridgehead atoms. The van der Waals surface area contributed by atoms with Gasteiger partial charge in [-0.25, -0.2) is 0 Å². The van der Waals surface area contributed by atoms with Crippen LogP contribution in [0.4, 0.5) is 0 Å². The number of rotatable bonds is 6. The monoisotopic (exact) mass is 243 g/mol. The number of hydrogen-bond donors (Lipinski definition) is 0. The van der Waals surface area contributed by atoms with Gasteiger partial charge in [0.25, 0.3) is 0 Å². The van der Waals surface area contributed by atoms with E-state index in [1.807, 2.05) is 18.2 Å². The molecule has 0 fully saturated rings. The Balaban J connectivity index is 2.86. The summed E-state index contributed by atoms with van der Waals surface area (Å²) in [5, 5.41) is 25.3. The van der Waals surface area contributed by atoms with E-state index >= 15 is 0 Å². The first-order chi connectivity index (χ1) is 8.80. The van der Waals surface area contributed by atoms with Crippen LogP contribution in [0.2, 0.25) is 0 Å². The molecule has 6 nitrogen and oxygen atoms in total. The lowest BCUT2D eigenvalue weighted by Crippen LogP contribution is -1.99. The summed E-state index contributed by atoms with van der Waals surface area (Å²) in [5.74, 6) is 1.12. The minimum Gasteiger partial charge on any atom is -0.478 e. The molecule has 0 N–H and O–H groups in total. The maximum atomic E-state index is 8.43. The van der Waals surface area contributed by atoms with Gasteiger partial charge in [0.1, 0.15) is 35.5 Å². The summed E-state index contributed by atoms with van der Waals surface area (Å²) in [6.45, 7) is -0.335. The van der Waals surface area contributed by atoms with Crippen LogP contribution in [-0.2, 0) is 0 Å². The van der Waals surface area contributed by atoms with Gasteiger partial charge in [0.15, 0.2) is 19.8 Å². The summed E-state index contributed by atoms with van der Waals surface area (Å²) in [5.41, 5.74) is 0. The van der Waals surface area contributed by atoms with E-state index in [2.05, 4.69) is 0 Å². The topological polar surface area (TPSA) is 99.1 Å². The van der Waals surface area contributed by atoms with Crippen molar-refractivity contribution < 1.29 is 14.2 Å². The van der Waals surface area contributed by atoms with Gasteiger partial charge < -0.3 is 14.2 Å². The summed E-state index contributed by atoms with van der Waals surface area (Å²) in [7, 11) is 0. The van der Waals surface area contributed by atoms with Crippen molar-refractivity contribution in [1.29, 1.82) is 15.8 Å². The molecule has 0 heterocycles. The van der Waals surface area contributed by atoms with Gasteiger partial charge in [-0.2, -0.15) is 15.8 Å². The molecule has 0 aromatic heterocycles. The molecule has 90 valence electrons. The minimum atomic E-state index is -0.112. The molecular formula is C12H9N3O3. The predicted molar refractivity (Wildman–Crippen MR) is 59.8 cm³/mol. The van der Waals surface area contributed by atoms with Gasteiger partial charge in [0.2, 0.25) is 0 Å². The Bertz CT molecular complexity index is 434. The van der Waals surface area contributed by atoms with Crippen molar-refractivity contribution in [1.82, 2.24) is 0 Å². The summed E-state index contributed by atoms with van der Waals surface area (Å²) in [4.78, 5) is 0. The highest BCUT2D eigenvalue weighted by Gasteiger charge is 2.04. The molecule has 1 aromatic carbocycles. The van der Waals surface area contributed by atoms with E-state index in [-0.39, 0.29) is 19.8 Å². The van der Waals surface area contributed by atoms with Crippen LogP contribution < -0.4 is 14.2 Å². The largest absolute Gasteiger partial charge is 0.478 e. The van der Waals surface area contributed by atoms with E-state index in [9.17, 15) is 0 Å². The molecule has 0 saturated carbocycles. The quantitative estimate of drug-likeness (QED) is 0.748. The molecule has 1 aromatic rings. The first-order valence-corrected chi connectivity index (χ1v) is 4.94. The van der Waals surface area contributed by atoms with Crippen molar-refractivity contribution in [2.24, 2.45) is 0 Å². The first-order valence-electron chi connectivity index (χ1n) is 4.94. The summed E-state index contributed by atoms with van der Waals surface area (Å²) >= 11 is 0. The number of hydrogen-bond acceptors (Lipinski definition) is 6. The lowest BCUT2D eigenvalue weighted by Gasteiger charge is -2.09. The summed E-state index contributed by atoms with van der Waals surface area (Å²) in [6.07, 6.45) is 0. The maximum absolute atomic E-state index is 8.43. The fourth-order valence-electron chi connectivity index (χ4n) is 1.14.